The molecule has 25 heavy (non-hydrogen) atoms. The molecule has 0 radical (unpaired) electrons. The topological polar surface area (TPSA) is 53.4 Å². The first-order chi connectivity index (χ1) is 12.0. The second-order valence-electron chi connectivity index (χ2n) is 5.69. The maximum Gasteiger partial charge on any atom is 0.262 e. The Morgan fingerprint density at radius 2 is 2.00 bits per heavy atom. The molecule has 0 N–H and O–H groups in total. The lowest BCUT2D eigenvalue weighted by Gasteiger charge is -2.11. The van der Waals surface area contributed by atoms with E-state index < -0.39 is 0 Å². The SMILES string of the molecule is COc1ccc(OC)c(CSc2nc3sc(C)c(C)c3c(=O)n2C)c1. The Hall–Kier alpha value is -1.99. The van der Waals surface area contributed by atoms with E-state index >= 15 is 0 Å². The van der Waals surface area contributed by atoms with E-state index in [0.717, 1.165) is 37.7 Å². The zero-order valence-corrected chi connectivity index (χ0v) is 16.5. The van der Waals surface area contributed by atoms with Crippen molar-refractivity contribution >= 4 is 33.3 Å². The van der Waals surface area contributed by atoms with Crippen LogP contribution >= 0.6 is 23.1 Å². The highest BCUT2D eigenvalue weighted by Gasteiger charge is 2.15. The van der Waals surface area contributed by atoms with Gasteiger partial charge in [0.05, 0.1) is 19.6 Å². The predicted molar refractivity (Wildman–Crippen MR) is 103 cm³/mol. The van der Waals surface area contributed by atoms with Gasteiger partial charge < -0.3 is 9.47 Å². The monoisotopic (exact) mass is 376 g/mol. The van der Waals surface area contributed by atoms with Gasteiger partial charge in [-0.05, 0) is 37.6 Å². The van der Waals surface area contributed by atoms with Crippen LogP contribution in [0.2, 0.25) is 0 Å². The number of aromatic nitrogens is 2. The van der Waals surface area contributed by atoms with Crippen molar-refractivity contribution in [2.24, 2.45) is 7.05 Å². The summed E-state index contributed by atoms with van der Waals surface area (Å²) in [6, 6.07) is 5.70. The average Bonchev–Trinajstić information content (AvgIpc) is 2.90. The molecule has 0 atom stereocenters. The Balaban J connectivity index is 1.97. The molecule has 0 saturated carbocycles. The molecule has 2 aromatic heterocycles. The van der Waals surface area contributed by atoms with E-state index in [1.54, 1.807) is 37.2 Å². The normalized spacial score (nSPS) is 11.1. The molecule has 3 aromatic rings. The van der Waals surface area contributed by atoms with Crippen LogP contribution in [0.3, 0.4) is 0 Å². The van der Waals surface area contributed by atoms with Crippen LogP contribution in [-0.2, 0) is 12.8 Å². The van der Waals surface area contributed by atoms with Gasteiger partial charge in [-0.3, -0.25) is 9.36 Å². The Kier molecular flexibility index (Phi) is 5.06. The van der Waals surface area contributed by atoms with Gasteiger partial charge in [-0.2, -0.15) is 0 Å². The number of hydrogen-bond acceptors (Lipinski definition) is 6. The maximum absolute atomic E-state index is 12.7. The summed E-state index contributed by atoms with van der Waals surface area (Å²) in [4.78, 5) is 19.3. The minimum absolute atomic E-state index is 0.00644. The summed E-state index contributed by atoms with van der Waals surface area (Å²) in [5.41, 5.74) is 2.03. The van der Waals surface area contributed by atoms with Crippen LogP contribution in [0.4, 0.5) is 0 Å². The number of thioether (sulfide) groups is 1. The molecule has 1 aromatic carbocycles. The second kappa shape index (κ2) is 7.09. The van der Waals surface area contributed by atoms with E-state index in [2.05, 4.69) is 0 Å². The van der Waals surface area contributed by atoms with Crippen LogP contribution in [-0.4, -0.2) is 23.8 Å². The smallest absolute Gasteiger partial charge is 0.262 e. The third kappa shape index (κ3) is 3.26. The molecular formula is C18H20N2O3S2. The number of thiophene rings is 1. The summed E-state index contributed by atoms with van der Waals surface area (Å²) in [6.45, 7) is 4.00. The highest BCUT2D eigenvalue weighted by atomic mass is 32.2. The summed E-state index contributed by atoms with van der Waals surface area (Å²) in [6.07, 6.45) is 0. The number of benzene rings is 1. The Bertz CT molecular complexity index is 992. The number of aryl methyl sites for hydroxylation is 2. The minimum Gasteiger partial charge on any atom is -0.497 e. The first kappa shape index (κ1) is 17.8. The van der Waals surface area contributed by atoms with Crippen molar-refractivity contribution in [3.63, 3.8) is 0 Å². The van der Waals surface area contributed by atoms with Crippen molar-refractivity contribution in [2.45, 2.75) is 24.8 Å². The third-order valence-electron chi connectivity index (χ3n) is 4.21. The fourth-order valence-electron chi connectivity index (χ4n) is 2.62. The van der Waals surface area contributed by atoms with Gasteiger partial charge in [-0.25, -0.2) is 4.98 Å². The summed E-state index contributed by atoms with van der Waals surface area (Å²) in [7, 11) is 5.05. The maximum atomic E-state index is 12.7. The van der Waals surface area contributed by atoms with Gasteiger partial charge in [0.2, 0.25) is 0 Å². The van der Waals surface area contributed by atoms with Crippen LogP contribution < -0.4 is 15.0 Å². The molecule has 0 aliphatic heterocycles. The third-order valence-corrected chi connectivity index (χ3v) is 6.39. The lowest BCUT2D eigenvalue weighted by Crippen LogP contribution is -2.19. The molecule has 0 aliphatic rings. The molecule has 2 heterocycles. The van der Waals surface area contributed by atoms with E-state index in [4.69, 9.17) is 14.5 Å². The van der Waals surface area contributed by atoms with Crippen molar-refractivity contribution in [2.75, 3.05) is 14.2 Å². The molecule has 0 saturated heterocycles. The average molecular weight is 377 g/mol. The standard InChI is InChI=1S/C18H20N2O3S2/c1-10-11(2)25-16-15(10)17(21)20(3)18(19-16)24-9-12-8-13(22-4)6-7-14(12)23-5/h6-8H,9H2,1-5H3. The number of rotatable bonds is 5. The molecule has 0 aliphatic carbocycles. The Morgan fingerprint density at radius 3 is 2.68 bits per heavy atom. The lowest BCUT2D eigenvalue weighted by atomic mass is 10.2. The number of hydrogen-bond donors (Lipinski definition) is 0. The fraction of sp³-hybridized carbons (Fsp3) is 0.333. The molecule has 0 amide bonds. The molecular weight excluding hydrogens is 356 g/mol. The summed E-state index contributed by atoms with van der Waals surface area (Å²) >= 11 is 3.08. The largest absolute Gasteiger partial charge is 0.497 e. The van der Waals surface area contributed by atoms with Gasteiger partial charge >= 0.3 is 0 Å². The number of fused-ring (bicyclic) bond motifs is 1. The highest BCUT2D eigenvalue weighted by Crippen LogP contribution is 2.32. The van der Waals surface area contributed by atoms with Crippen LogP contribution in [0.25, 0.3) is 10.2 Å². The van der Waals surface area contributed by atoms with E-state index in [1.807, 2.05) is 32.0 Å². The van der Waals surface area contributed by atoms with Crippen LogP contribution in [0, 0.1) is 13.8 Å². The first-order valence-electron chi connectivity index (χ1n) is 7.76. The molecule has 0 spiro atoms. The second-order valence-corrected chi connectivity index (χ2v) is 7.83. The Morgan fingerprint density at radius 1 is 1.24 bits per heavy atom. The van der Waals surface area contributed by atoms with E-state index in [1.165, 1.54) is 11.8 Å². The van der Waals surface area contributed by atoms with Crippen molar-refractivity contribution in [1.29, 1.82) is 0 Å². The zero-order chi connectivity index (χ0) is 18.1. The molecule has 7 heteroatoms. The summed E-state index contributed by atoms with van der Waals surface area (Å²) < 4.78 is 12.3. The van der Waals surface area contributed by atoms with Crippen molar-refractivity contribution in [3.8, 4) is 11.5 Å². The molecule has 0 bridgehead atoms. The van der Waals surface area contributed by atoms with Crippen molar-refractivity contribution in [1.82, 2.24) is 9.55 Å². The summed E-state index contributed by atoms with van der Waals surface area (Å²) in [5, 5.41) is 1.43. The van der Waals surface area contributed by atoms with Crippen LogP contribution in [0.5, 0.6) is 11.5 Å². The molecule has 132 valence electrons. The fourth-order valence-corrected chi connectivity index (χ4v) is 4.64. The summed E-state index contributed by atoms with van der Waals surface area (Å²) in [5.74, 6) is 2.20. The highest BCUT2D eigenvalue weighted by molar-refractivity contribution is 7.98. The van der Waals surface area contributed by atoms with Crippen LogP contribution in [0.15, 0.2) is 28.2 Å². The van der Waals surface area contributed by atoms with E-state index in [9.17, 15) is 4.79 Å². The van der Waals surface area contributed by atoms with E-state index in [-0.39, 0.29) is 5.56 Å². The molecule has 0 unspecified atom stereocenters. The number of nitrogens with zero attached hydrogens (tertiary/aromatic N) is 2. The zero-order valence-electron chi connectivity index (χ0n) is 14.9. The first-order valence-corrected chi connectivity index (χ1v) is 9.57. The van der Waals surface area contributed by atoms with Crippen molar-refractivity contribution < 1.29 is 9.47 Å². The van der Waals surface area contributed by atoms with Gasteiger partial charge in [-0.1, -0.05) is 11.8 Å². The van der Waals surface area contributed by atoms with Crippen LogP contribution in [0.1, 0.15) is 16.0 Å². The minimum atomic E-state index is 0.00644. The van der Waals surface area contributed by atoms with Gasteiger partial charge in [0, 0.05) is 23.2 Å². The molecule has 5 nitrogen and oxygen atoms in total. The van der Waals surface area contributed by atoms with Gasteiger partial charge in [0.15, 0.2) is 5.16 Å². The molecule has 0 fully saturated rings. The lowest BCUT2D eigenvalue weighted by molar-refractivity contribution is 0.400. The van der Waals surface area contributed by atoms with Gasteiger partial charge in [0.25, 0.3) is 5.56 Å². The number of ether oxygens (including phenoxy) is 2. The van der Waals surface area contributed by atoms with E-state index in [0.29, 0.717) is 10.9 Å². The van der Waals surface area contributed by atoms with Gasteiger partial charge in [0.1, 0.15) is 16.3 Å². The quantitative estimate of drug-likeness (QED) is 0.499. The number of methoxy groups -OCH3 is 2. The predicted octanol–water partition coefficient (Wildman–Crippen LogP) is 3.92. The Labute approximate surface area is 154 Å². The van der Waals surface area contributed by atoms with Crippen molar-refractivity contribution in [3.05, 3.63) is 44.6 Å². The molecule has 3 rings (SSSR count). The van der Waals surface area contributed by atoms with Gasteiger partial charge in [-0.15, -0.1) is 11.3 Å².